The number of sulfone groups is 1. The van der Waals surface area contributed by atoms with Crippen LogP contribution in [0.15, 0.2) is 70.9 Å². The molecule has 2 aliphatic carbocycles. The van der Waals surface area contributed by atoms with E-state index in [0.717, 1.165) is 11.1 Å². The zero-order valence-corrected chi connectivity index (χ0v) is 12.4. The molecule has 0 heterocycles. The van der Waals surface area contributed by atoms with Gasteiger partial charge in [-0.3, -0.25) is 0 Å². The van der Waals surface area contributed by atoms with Crippen LogP contribution < -0.4 is 0 Å². The van der Waals surface area contributed by atoms with Crippen LogP contribution in [0.3, 0.4) is 0 Å². The highest BCUT2D eigenvalue weighted by molar-refractivity contribution is 7.91. The Morgan fingerprint density at radius 2 is 1.29 bits per heavy atom. The fraction of sp³-hybridized carbons (Fsp3) is 0.250. The Morgan fingerprint density at radius 3 is 1.67 bits per heavy atom. The summed E-state index contributed by atoms with van der Waals surface area (Å²) in [6.45, 7) is -0.231. The summed E-state index contributed by atoms with van der Waals surface area (Å²) in [6, 6.07) is 0. The van der Waals surface area contributed by atoms with Gasteiger partial charge in [0.1, 0.15) is 0 Å². The predicted octanol–water partition coefficient (Wildman–Crippen LogP) is 1.23. The van der Waals surface area contributed by atoms with Crippen molar-refractivity contribution in [2.45, 2.75) is 0 Å². The number of hydrogen-bond acceptors (Lipinski definition) is 4. The largest absolute Gasteiger partial charge is 0.392 e. The molecule has 0 saturated carbocycles. The van der Waals surface area contributed by atoms with Gasteiger partial charge in [-0.15, -0.1) is 0 Å². The number of hydrogen-bond donors (Lipinski definition) is 2. The Hall–Kier alpha value is -1.69. The van der Waals surface area contributed by atoms with E-state index in [4.69, 9.17) is 10.2 Å². The van der Waals surface area contributed by atoms with E-state index in [0.29, 0.717) is 11.1 Å². The van der Waals surface area contributed by atoms with E-state index in [1.807, 2.05) is 0 Å². The Bertz CT molecular complexity index is 632. The highest BCUT2D eigenvalue weighted by Gasteiger charge is 2.20. The lowest BCUT2D eigenvalue weighted by Gasteiger charge is -2.09. The molecule has 0 bridgehead atoms. The van der Waals surface area contributed by atoms with Gasteiger partial charge in [0.2, 0.25) is 0 Å². The molecule has 2 aliphatic rings. The maximum atomic E-state index is 12.3. The fourth-order valence-corrected chi connectivity index (χ4v) is 3.90. The molecule has 0 saturated heterocycles. The van der Waals surface area contributed by atoms with Gasteiger partial charge < -0.3 is 10.2 Å². The molecule has 0 aliphatic heterocycles. The average molecular weight is 306 g/mol. The summed E-state index contributed by atoms with van der Waals surface area (Å²) in [4.78, 5) is 0. The topological polar surface area (TPSA) is 74.6 Å². The molecule has 5 heteroatoms. The maximum absolute atomic E-state index is 12.3. The highest BCUT2D eigenvalue weighted by Crippen LogP contribution is 2.24. The van der Waals surface area contributed by atoms with Crippen LogP contribution in [0.2, 0.25) is 0 Å². The standard InChI is InChI=1S/C16H18O4S/c17-9-7-13-3-1-5-15(13)11-21(19,20)12-16-6-2-4-14(16)8-10-18/h1-8,17-18H,9-12H2/b13-7+,14-8+. The molecule has 0 fully saturated rings. The van der Waals surface area contributed by atoms with E-state index in [-0.39, 0.29) is 24.7 Å². The van der Waals surface area contributed by atoms with Crippen molar-refractivity contribution >= 4 is 9.84 Å². The zero-order chi connectivity index (χ0) is 15.3. The molecule has 112 valence electrons. The normalized spacial score (nSPS) is 21.4. The fourth-order valence-electron chi connectivity index (χ4n) is 2.33. The third-order valence-electron chi connectivity index (χ3n) is 3.26. The molecule has 0 aromatic carbocycles. The second kappa shape index (κ2) is 6.85. The molecule has 0 atom stereocenters. The van der Waals surface area contributed by atoms with Crippen LogP contribution in [0, 0.1) is 0 Å². The lowest BCUT2D eigenvalue weighted by molar-refractivity contribution is 0.342. The zero-order valence-electron chi connectivity index (χ0n) is 11.6. The monoisotopic (exact) mass is 306 g/mol. The van der Waals surface area contributed by atoms with Crippen molar-refractivity contribution in [1.82, 2.24) is 0 Å². The minimum atomic E-state index is -3.31. The number of aliphatic hydroxyl groups excluding tert-OH is 2. The van der Waals surface area contributed by atoms with Gasteiger partial charge in [-0.25, -0.2) is 8.42 Å². The molecule has 2 rings (SSSR count). The second-order valence-electron chi connectivity index (χ2n) is 4.82. The van der Waals surface area contributed by atoms with Crippen LogP contribution in [-0.2, 0) is 9.84 Å². The van der Waals surface area contributed by atoms with Gasteiger partial charge >= 0.3 is 0 Å². The average Bonchev–Trinajstić information content (AvgIpc) is 3.01. The van der Waals surface area contributed by atoms with Gasteiger partial charge in [0.05, 0.1) is 24.7 Å². The third kappa shape index (κ3) is 4.14. The van der Waals surface area contributed by atoms with E-state index in [2.05, 4.69) is 0 Å². The number of allylic oxidation sites excluding steroid dienone is 8. The van der Waals surface area contributed by atoms with Gasteiger partial charge in [0, 0.05) is 0 Å². The summed E-state index contributed by atoms with van der Waals surface area (Å²) in [5.41, 5.74) is 2.91. The van der Waals surface area contributed by atoms with Crippen LogP contribution >= 0.6 is 0 Å². The van der Waals surface area contributed by atoms with Crippen molar-refractivity contribution in [2.75, 3.05) is 24.7 Å². The molecular weight excluding hydrogens is 288 g/mol. The maximum Gasteiger partial charge on any atom is 0.158 e. The van der Waals surface area contributed by atoms with Gasteiger partial charge in [0.25, 0.3) is 0 Å². The molecule has 0 amide bonds. The molecule has 21 heavy (non-hydrogen) atoms. The van der Waals surface area contributed by atoms with Crippen molar-refractivity contribution in [1.29, 1.82) is 0 Å². The third-order valence-corrected chi connectivity index (χ3v) is 4.76. The first-order valence-corrected chi connectivity index (χ1v) is 8.45. The van der Waals surface area contributed by atoms with E-state index in [1.165, 1.54) is 0 Å². The molecule has 4 nitrogen and oxygen atoms in total. The van der Waals surface area contributed by atoms with E-state index in [9.17, 15) is 8.42 Å². The molecule has 0 aromatic rings. The van der Waals surface area contributed by atoms with Crippen molar-refractivity contribution in [3.8, 4) is 0 Å². The van der Waals surface area contributed by atoms with E-state index < -0.39 is 9.84 Å². The smallest absolute Gasteiger partial charge is 0.158 e. The number of aliphatic hydroxyl groups is 2. The summed E-state index contributed by atoms with van der Waals surface area (Å²) in [6.07, 6.45) is 13.8. The van der Waals surface area contributed by atoms with Crippen LogP contribution in [0.4, 0.5) is 0 Å². The molecule has 0 aromatic heterocycles. The minimum Gasteiger partial charge on any atom is -0.392 e. The SMILES string of the molecule is O=S(=O)(CC1=CC=C/C1=C\CO)CC1=CC=C/C1=C\CO. The predicted molar refractivity (Wildman–Crippen MR) is 83.4 cm³/mol. The second-order valence-corrected chi connectivity index (χ2v) is 6.88. The van der Waals surface area contributed by atoms with E-state index >= 15 is 0 Å². The Morgan fingerprint density at radius 1 is 0.857 bits per heavy atom. The lowest BCUT2D eigenvalue weighted by Crippen LogP contribution is -2.15. The Kier molecular flexibility index (Phi) is 5.12. The molecule has 0 unspecified atom stereocenters. The van der Waals surface area contributed by atoms with Crippen LogP contribution in [0.5, 0.6) is 0 Å². The highest BCUT2D eigenvalue weighted by atomic mass is 32.2. The molecule has 2 N–H and O–H groups in total. The van der Waals surface area contributed by atoms with Gasteiger partial charge in [-0.1, -0.05) is 48.6 Å². The first-order chi connectivity index (χ1) is 10.1. The summed E-state index contributed by atoms with van der Waals surface area (Å²) in [7, 11) is -3.31. The van der Waals surface area contributed by atoms with Crippen LogP contribution in [0.1, 0.15) is 0 Å². The van der Waals surface area contributed by atoms with Crippen molar-refractivity contribution in [3.63, 3.8) is 0 Å². The quantitative estimate of drug-likeness (QED) is 0.774. The van der Waals surface area contributed by atoms with Gasteiger partial charge in [0.15, 0.2) is 9.84 Å². The number of rotatable bonds is 6. The minimum absolute atomic E-state index is 0.0599. The lowest BCUT2D eigenvalue weighted by atomic mass is 10.1. The first-order valence-electron chi connectivity index (χ1n) is 6.63. The Balaban J connectivity index is 2.08. The van der Waals surface area contributed by atoms with Crippen molar-refractivity contribution in [2.24, 2.45) is 0 Å². The van der Waals surface area contributed by atoms with Gasteiger partial charge in [-0.2, -0.15) is 0 Å². The molecular formula is C16H18O4S. The molecule has 0 spiro atoms. The summed E-state index contributed by atoms with van der Waals surface area (Å²) >= 11 is 0. The summed E-state index contributed by atoms with van der Waals surface area (Å²) in [5, 5.41) is 17.9. The van der Waals surface area contributed by atoms with Crippen LogP contribution in [0.25, 0.3) is 0 Å². The molecule has 0 radical (unpaired) electrons. The summed E-state index contributed by atoms with van der Waals surface area (Å²) < 4.78 is 24.7. The summed E-state index contributed by atoms with van der Waals surface area (Å²) in [5.74, 6) is -0.120. The van der Waals surface area contributed by atoms with E-state index in [1.54, 1.807) is 48.6 Å². The Labute approximate surface area is 124 Å². The van der Waals surface area contributed by atoms with Crippen molar-refractivity contribution in [3.05, 3.63) is 70.9 Å². The van der Waals surface area contributed by atoms with Gasteiger partial charge in [-0.05, 0) is 22.3 Å². The first kappa shape index (κ1) is 15.7. The van der Waals surface area contributed by atoms with Crippen LogP contribution in [-0.4, -0.2) is 43.4 Å². The van der Waals surface area contributed by atoms with Crippen molar-refractivity contribution < 1.29 is 18.6 Å².